The second kappa shape index (κ2) is 8.65. The highest BCUT2D eigenvalue weighted by Gasteiger charge is 2.04. The van der Waals surface area contributed by atoms with Crippen molar-refractivity contribution in [1.82, 2.24) is 5.32 Å². The molecule has 122 valence electrons. The molecule has 0 aliphatic rings. The number of halogens is 2. The van der Waals surface area contributed by atoms with Crippen LogP contribution in [0.5, 0.6) is 5.75 Å². The fraction of sp³-hybridized carbons (Fsp3) is 0.235. The lowest BCUT2D eigenvalue weighted by Crippen LogP contribution is -2.31. The first-order chi connectivity index (χ1) is 11.1. The Balaban J connectivity index is 1.72. The molecular weight excluding hydrogens is 335 g/mol. The molecule has 2 rings (SSSR count). The van der Waals surface area contributed by atoms with Crippen molar-refractivity contribution in [2.75, 3.05) is 25.5 Å². The summed E-state index contributed by atoms with van der Waals surface area (Å²) in [7, 11) is 1.61. The number of hydrogen-bond acceptors (Lipinski definition) is 3. The molecule has 0 unspecified atom stereocenters. The summed E-state index contributed by atoms with van der Waals surface area (Å²) in [5.41, 5.74) is 1.82. The van der Waals surface area contributed by atoms with E-state index in [0.717, 1.165) is 17.0 Å². The third-order valence-corrected chi connectivity index (χ3v) is 3.86. The first kappa shape index (κ1) is 17.4. The van der Waals surface area contributed by atoms with Gasteiger partial charge in [-0.15, -0.1) is 0 Å². The van der Waals surface area contributed by atoms with Crippen molar-refractivity contribution in [2.45, 2.75) is 6.42 Å². The van der Waals surface area contributed by atoms with Crippen LogP contribution in [0.15, 0.2) is 42.5 Å². The van der Waals surface area contributed by atoms with Crippen LogP contribution in [0.2, 0.25) is 10.0 Å². The average molecular weight is 353 g/mol. The number of methoxy groups -OCH3 is 1. The second-order valence-corrected chi connectivity index (χ2v) is 5.76. The Morgan fingerprint density at radius 2 is 1.87 bits per heavy atom. The van der Waals surface area contributed by atoms with Crippen LogP contribution in [-0.2, 0) is 11.2 Å². The van der Waals surface area contributed by atoms with Crippen molar-refractivity contribution in [1.29, 1.82) is 0 Å². The number of hydrogen-bond donors (Lipinski definition) is 2. The molecule has 0 heterocycles. The summed E-state index contributed by atoms with van der Waals surface area (Å²) in [6, 6.07) is 12.7. The third kappa shape index (κ3) is 5.66. The normalized spacial score (nSPS) is 10.2. The highest BCUT2D eigenvalue weighted by atomic mass is 35.5. The molecular formula is C17H18Cl2N2O2. The van der Waals surface area contributed by atoms with Crippen LogP contribution in [-0.4, -0.2) is 26.1 Å². The molecule has 0 spiro atoms. The molecule has 0 saturated heterocycles. The maximum atomic E-state index is 11.8. The van der Waals surface area contributed by atoms with Gasteiger partial charge in [-0.05, 0) is 48.4 Å². The van der Waals surface area contributed by atoms with E-state index in [0.29, 0.717) is 23.0 Å². The average Bonchev–Trinajstić information content (AvgIpc) is 2.55. The van der Waals surface area contributed by atoms with E-state index in [1.54, 1.807) is 19.2 Å². The van der Waals surface area contributed by atoms with Crippen molar-refractivity contribution >= 4 is 34.8 Å². The molecule has 0 atom stereocenters. The zero-order valence-electron chi connectivity index (χ0n) is 12.7. The minimum absolute atomic E-state index is 0.0779. The minimum atomic E-state index is -0.0779. The smallest absolute Gasteiger partial charge is 0.239 e. The van der Waals surface area contributed by atoms with Gasteiger partial charge in [0.1, 0.15) is 5.75 Å². The van der Waals surface area contributed by atoms with E-state index >= 15 is 0 Å². The van der Waals surface area contributed by atoms with Crippen molar-refractivity contribution < 1.29 is 9.53 Å². The fourth-order valence-electron chi connectivity index (χ4n) is 2.01. The van der Waals surface area contributed by atoms with Gasteiger partial charge in [-0.1, -0.05) is 29.3 Å². The number of benzene rings is 2. The van der Waals surface area contributed by atoms with Crippen LogP contribution >= 0.6 is 23.2 Å². The van der Waals surface area contributed by atoms with E-state index in [4.69, 9.17) is 27.9 Å². The highest BCUT2D eigenvalue weighted by Crippen LogP contribution is 2.21. The van der Waals surface area contributed by atoms with Crippen LogP contribution < -0.4 is 15.4 Å². The maximum absolute atomic E-state index is 11.8. The van der Waals surface area contributed by atoms with Gasteiger partial charge in [-0.2, -0.15) is 0 Å². The van der Waals surface area contributed by atoms with Crippen LogP contribution in [0, 0.1) is 0 Å². The molecule has 2 N–H and O–H groups in total. The zero-order valence-corrected chi connectivity index (χ0v) is 14.2. The summed E-state index contributed by atoms with van der Waals surface area (Å²) in [4.78, 5) is 11.8. The predicted molar refractivity (Wildman–Crippen MR) is 94.7 cm³/mol. The molecule has 23 heavy (non-hydrogen) atoms. The molecule has 6 heteroatoms. The molecule has 2 aromatic carbocycles. The van der Waals surface area contributed by atoms with Crippen molar-refractivity contribution in [3.63, 3.8) is 0 Å². The summed E-state index contributed by atoms with van der Waals surface area (Å²) in [5, 5.41) is 7.12. The maximum Gasteiger partial charge on any atom is 0.239 e. The van der Waals surface area contributed by atoms with E-state index in [2.05, 4.69) is 10.6 Å². The Morgan fingerprint density at radius 3 is 2.52 bits per heavy atom. The molecule has 1 amide bonds. The molecule has 4 nitrogen and oxygen atoms in total. The van der Waals surface area contributed by atoms with Crippen LogP contribution in [0.3, 0.4) is 0 Å². The summed E-state index contributed by atoms with van der Waals surface area (Å²) in [5.74, 6) is 0.700. The van der Waals surface area contributed by atoms with Crippen molar-refractivity contribution in [3.05, 3.63) is 58.1 Å². The van der Waals surface area contributed by atoms with Crippen LogP contribution in [0.4, 0.5) is 5.69 Å². The van der Waals surface area contributed by atoms with E-state index in [-0.39, 0.29) is 12.5 Å². The van der Waals surface area contributed by atoms with Gasteiger partial charge in [0.2, 0.25) is 5.91 Å². The topological polar surface area (TPSA) is 50.4 Å². The first-order valence-corrected chi connectivity index (χ1v) is 7.92. The Bertz CT molecular complexity index is 660. The molecule has 2 aromatic rings. The Hall–Kier alpha value is -1.91. The van der Waals surface area contributed by atoms with Crippen LogP contribution in [0.1, 0.15) is 5.56 Å². The molecule has 0 saturated carbocycles. The number of carbonyl (C=O) groups excluding carboxylic acids is 1. The SMILES string of the molecule is COc1ccc(NCC(=O)NCCc2ccc(Cl)cc2Cl)cc1. The lowest BCUT2D eigenvalue weighted by Gasteiger charge is -2.09. The monoisotopic (exact) mass is 352 g/mol. The van der Waals surface area contributed by atoms with E-state index in [9.17, 15) is 4.79 Å². The highest BCUT2D eigenvalue weighted by molar-refractivity contribution is 6.35. The lowest BCUT2D eigenvalue weighted by molar-refractivity contribution is -0.119. The summed E-state index contributed by atoms with van der Waals surface area (Å²) < 4.78 is 5.08. The van der Waals surface area contributed by atoms with Gasteiger partial charge in [0.15, 0.2) is 0 Å². The lowest BCUT2D eigenvalue weighted by atomic mass is 10.1. The van der Waals surface area contributed by atoms with E-state index in [1.807, 2.05) is 30.3 Å². The van der Waals surface area contributed by atoms with Gasteiger partial charge in [0.05, 0.1) is 13.7 Å². The van der Waals surface area contributed by atoms with Gasteiger partial charge in [0, 0.05) is 22.3 Å². The number of carbonyl (C=O) groups is 1. The van der Waals surface area contributed by atoms with Gasteiger partial charge in [0.25, 0.3) is 0 Å². The van der Waals surface area contributed by atoms with E-state index in [1.165, 1.54) is 0 Å². The van der Waals surface area contributed by atoms with E-state index < -0.39 is 0 Å². The quantitative estimate of drug-likeness (QED) is 0.797. The molecule has 0 aromatic heterocycles. The molecule has 0 aliphatic heterocycles. The van der Waals surface area contributed by atoms with Crippen LogP contribution in [0.25, 0.3) is 0 Å². The zero-order chi connectivity index (χ0) is 16.7. The molecule has 0 bridgehead atoms. The first-order valence-electron chi connectivity index (χ1n) is 7.17. The number of amides is 1. The third-order valence-electron chi connectivity index (χ3n) is 3.27. The van der Waals surface area contributed by atoms with Crippen molar-refractivity contribution in [2.24, 2.45) is 0 Å². The number of ether oxygens (including phenoxy) is 1. The van der Waals surface area contributed by atoms with Gasteiger partial charge < -0.3 is 15.4 Å². The van der Waals surface area contributed by atoms with Crippen molar-refractivity contribution in [3.8, 4) is 5.75 Å². The fourth-order valence-corrected chi connectivity index (χ4v) is 2.52. The van der Waals surface area contributed by atoms with Gasteiger partial charge in [-0.25, -0.2) is 0 Å². The van der Waals surface area contributed by atoms with Gasteiger partial charge >= 0.3 is 0 Å². The molecule has 0 radical (unpaired) electrons. The number of anilines is 1. The second-order valence-electron chi connectivity index (χ2n) is 4.92. The Morgan fingerprint density at radius 1 is 1.13 bits per heavy atom. The predicted octanol–water partition coefficient (Wildman–Crippen LogP) is 3.77. The standard InChI is InChI=1S/C17H18Cl2N2O2/c1-23-15-6-4-14(5-7-15)21-11-17(22)20-9-8-12-2-3-13(18)10-16(12)19/h2-7,10,21H,8-9,11H2,1H3,(H,20,22). The summed E-state index contributed by atoms with van der Waals surface area (Å²) >= 11 is 11.9. The summed E-state index contributed by atoms with van der Waals surface area (Å²) in [6.45, 7) is 0.727. The Kier molecular flexibility index (Phi) is 6.56. The summed E-state index contributed by atoms with van der Waals surface area (Å²) in [6.07, 6.45) is 0.657. The minimum Gasteiger partial charge on any atom is -0.497 e. The Labute approximate surface area is 145 Å². The molecule has 0 fully saturated rings. The largest absolute Gasteiger partial charge is 0.497 e. The number of rotatable bonds is 7. The van der Waals surface area contributed by atoms with Gasteiger partial charge in [-0.3, -0.25) is 4.79 Å². The molecule has 0 aliphatic carbocycles. The number of nitrogens with one attached hydrogen (secondary N) is 2.